The zero-order valence-electron chi connectivity index (χ0n) is 17.4. The number of imidazole rings is 1. The lowest BCUT2D eigenvalue weighted by atomic mass is 9.85. The van der Waals surface area contributed by atoms with Gasteiger partial charge in [-0.3, -0.25) is 0 Å². The van der Waals surface area contributed by atoms with Crippen molar-refractivity contribution < 1.29 is 13.2 Å². The lowest BCUT2D eigenvalue weighted by Crippen LogP contribution is -2.30. The molecule has 1 fully saturated rings. The summed E-state index contributed by atoms with van der Waals surface area (Å²) in [5.74, 6) is -1.51. The van der Waals surface area contributed by atoms with Gasteiger partial charge in [0.05, 0.1) is 24.0 Å². The molecule has 1 N–H and O–H groups in total. The second kappa shape index (κ2) is 8.01. The van der Waals surface area contributed by atoms with E-state index < -0.39 is 18.0 Å². The van der Waals surface area contributed by atoms with Crippen LogP contribution in [0, 0.1) is 5.92 Å². The van der Waals surface area contributed by atoms with Gasteiger partial charge in [0.15, 0.2) is 11.5 Å². The summed E-state index contributed by atoms with van der Waals surface area (Å²) in [6.45, 7) is 3.90. The summed E-state index contributed by atoms with van der Waals surface area (Å²) in [7, 11) is 0. The number of halogens is 3. The van der Waals surface area contributed by atoms with Gasteiger partial charge in [0, 0.05) is 36.3 Å². The SMILES string of the molecule is CCN1CCC(C(c2ccc(-n3cc(-c4ccnc5nc[nH]c45)cn3)nc2)C(F)(F)F)C1. The predicted molar refractivity (Wildman–Crippen MR) is 113 cm³/mol. The molecule has 2 atom stereocenters. The first-order valence-electron chi connectivity index (χ1n) is 10.5. The fourth-order valence-corrected chi connectivity index (χ4v) is 4.54. The number of H-pyrrole nitrogens is 1. The van der Waals surface area contributed by atoms with Gasteiger partial charge in [-0.25, -0.2) is 19.6 Å². The van der Waals surface area contributed by atoms with E-state index in [2.05, 4.69) is 29.9 Å². The van der Waals surface area contributed by atoms with Crippen molar-refractivity contribution in [2.75, 3.05) is 19.6 Å². The van der Waals surface area contributed by atoms with E-state index in [1.807, 2.05) is 13.0 Å². The second-order valence-corrected chi connectivity index (χ2v) is 8.04. The normalized spacial score (nSPS) is 18.4. The summed E-state index contributed by atoms with van der Waals surface area (Å²) in [5, 5.41) is 4.35. The third-order valence-corrected chi connectivity index (χ3v) is 6.16. The number of hydrogen-bond acceptors (Lipinski definition) is 5. The molecule has 0 aromatic carbocycles. The summed E-state index contributed by atoms with van der Waals surface area (Å²) < 4.78 is 43.3. The van der Waals surface area contributed by atoms with Crippen molar-refractivity contribution in [3.05, 3.63) is 54.9 Å². The Morgan fingerprint density at radius 2 is 2.03 bits per heavy atom. The van der Waals surface area contributed by atoms with E-state index in [-0.39, 0.29) is 5.56 Å². The number of rotatable bonds is 5. The molecular formula is C22H22F3N7. The molecule has 2 unspecified atom stereocenters. The van der Waals surface area contributed by atoms with E-state index in [4.69, 9.17) is 0 Å². The summed E-state index contributed by atoms with van der Waals surface area (Å²) in [4.78, 5) is 17.8. The van der Waals surface area contributed by atoms with Crippen LogP contribution in [0.25, 0.3) is 28.1 Å². The molecule has 0 amide bonds. The maximum atomic E-state index is 13.9. The molecule has 5 rings (SSSR count). The quantitative estimate of drug-likeness (QED) is 0.503. The Morgan fingerprint density at radius 1 is 1.16 bits per heavy atom. The molecule has 1 saturated heterocycles. The molecule has 32 heavy (non-hydrogen) atoms. The van der Waals surface area contributed by atoms with Gasteiger partial charge >= 0.3 is 6.18 Å². The molecule has 5 heterocycles. The molecule has 1 aliphatic heterocycles. The third-order valence-electron chi connectivity index (χ3n) is 6.16. The number of fused-ring (bicyclic) bond motifs is 1. The van der Waals surface area contributed by atoms with Crippen molar-refractivity contribution in [3.8, 4) is 16.9 Å². The average molecular weight is 441 g/mol. The fourth-order valence-electron chi connectivity index (χ4n) is 4.54. The number of nitrogens with zero attached hydrogens (tertiary/aromatic N) is 6. The molecule has 0 spiro atoms. The maximum Gasteiger partial charge on any atom is 0.396 e. The van der Waals surface area contributed by atoms with Crippen LogP contribution in [0.15, 0.2) is 49.3 Å². The van der Waals surface area contributed by atoms with Crippen LogP contribution in [-0.4, -0.2) is 60.4 Å². The van der Waals surface area contributed by atoms with Gasteiger partial charge in [-0.2, -0.15) is 18.3 Å². The predicted octanol–water partition coefficient (Wildman–Crippen LogP) is 4.19. The Labute approximate surface area is 182 Å². The first-order valence-corrected chi connectivity index (χ1v) is 10.5. The minimum Gasteiger partial charge on any atom is -0.343 e. The Hall–Kier alpha value is -3.27. The molecule has 4 aromatic rings. The van der Waals surface area contributed by atoms with Crippen LogP contribution in [0.1, 0.15) is 24.8 Å². The van der Waals surface area contributed by atoms with Crippen LogP contribution in [0.5, 0.6) is 0 Å². The van der Waals surface area contributed by atoms with Crippen molar-refractivity contribution >= 4 is 11.2 Å². The summed E-state index contributed by atoms with van der Waals surface area (Å²) >= 11 is 0. The van der Waals surface area contributed by atoms with E-state index in [1.54, 1.807) is 35.7 Å². The van der Waals surface area contributed by atoms with E-state index in [9.17, 15) is 13.2 Å². The lowest BCUT2D eigenvalue weighted by Gasteiger charge is -2.26. The van der Waals surface area contributed by atoms with Crippen LogP contribution in [0.2, 0.25) is 0 Å². The Bertz CT molecular complexity index is 1210. The highest BCUT2D eigenvalue weighted by atomic mass is 19.4. The minimum atomic E-state index is -4.31. The van der Waals surface area contributed by atoms with Gasteiger partial charge in [-0.15, -0.1) is 0 Å². The number of aromatic nitrogens is 6. The largest absolute Gasteiger partial charge is 0.396 e. The van der Waals surface area contributed by atoms with Gasteiger partial charge in [-0.05, 0) is 43.1 Å². The monoisotopic (exact) mass is 441 g/mol. The van der Waals surface area contributed by atoms with Crippen LogP contribution in [-0.2, 0) is 0 Å². The van der Waals surface area contributed by atoms with E-state index in [0.717, 1.165) is 23.2 Å². The van der Waals surface area contributed by atoms with Crippen molar-refractivity contribution in [2.45, 2.75) is 25.4 Å². The topological polar surface area (TPSA) is 75.5 Å². The Balaban J connectivity index is 1.42. The molecule has 7 nitrogen and oxygen atoms in total. The number of nitrogens with one attached hydrogen (secondary N) is 1. The molecule has 1 aliphatic rings. The first kappa shape index (κ1) is 20.6. The molecule has 0 radical (unpaired) electrons. The van der Waals surface area contributed by atoms with Crippen molar-refractivity contribution in [1.82, 2.24) is 34.6 Å². The smallest absolute Gasteiger partial charge is 0.343 e. The van der Waals surface area contributed by atoms with Gasteiger partial charge in [0.2, 0.25) is 0 Å². The second-order valence-electron chi connectivity index (χ2n) is 8.04. The third kappa shape index (κ3) is 3.75. The number of pyridine rings is 2. The molecule has 0 aliphatic carbocycles. The van der Waals surface area contributed by atoms with Crippen LogP contribution >= 0.6 is 0 Å². The lowest BCUT2D eigenvalue weighted by molar-refractivity contribution is -0.161. The van der Waals surface area contributed by atoms with E-state index >= 15 is 0 Å². The summed E-state index contributed by atoms with van der Waals surface area (Å²) in [6.07, 6.45) is 4.28. The molecule has 4 aromatic heterocycles. The Morgan fingerprint density at radius 3 is 2.75 bits per heavy atom. The molecule has 166 valence electrons. The standard InChI is InChI=1S/C22H22F3N7/c1-2-31-8-6-15(11-31)19(22(23,24)25)14-3-4-18(27-9-14)32-12-16(10-30-32)17-5-7-26-21-20(17)28-13-29-21/h3-5,7,9-10,12-13,15,19H,2,6,8,11H2,1H3,(H,26,28,29). The zero-order chi connectivity index (χ0) is 22.3. The van der Waals surface area contributed by atoms with Gasteiger partial charge in [0.1, 0.15) is 0 Å². The van der Waals surface area contributed by atoms with E-state index in [1.165, 1.54) is 12.3 Å². The van der Waals surface area contributed by atoms with Crippen LogP contribution in [0.3, 0.4) is 0 Å². The van der Waals surface area contributed by atoms with Crippen molar-refractivity contribution in [3.63, 3.8) is 0 Å². The minimum absolute atomic E-state index is 0.199. The molecule has 10 heteroatoms. The van der Waals surface area contributed by atoms with Gasteiger partial charge < -0.3 is 9.88 Å². The number of likely N-dealkylation sites (tertiary alicyclic amines) is 1. The van der Waals surface area contributed by atoms with Crippen molar-refractivity contribution in [1.29, 1.82) is 0 Å². The van der Waals surface area contributed by atoms with Gasteiger partial charge in [-0.1, -0.05) is 13.0 Å². The highest BCUT2D eigenvalue weighted by Gasteiger charge is 2.47. The van der Waals surface area contributed by atoms with E-state index in [0.29, 0.717) is 31.0 Å². The van der Waals surface area contributed by atoms with Crippen LogP contribution < -0.4 is 0 Å². The number of hydrogen-bond donors (Lipinski definition) is 1. The highest BCUT2D eigenvalue weighted by Crippen LogP contribution is 2.43. The molecule has 0 saturated carbocycles. The summed E-state index contributed by atoms with van der Waals surface area (Å²) in [5.41, 5.74) is 3.30. The maximum absolute atomic E-state index is 13.9. The van der Waals surface area contributed by atoms with Crippen molar-refractivity contribution in [2.24, 2.45) is 5.92 Å². The number of aromatic amines is 1. The zero-order valence-corrected chi connectivity index (χ0v) is 17.4. The Kier molecular flexibility index (Phi) is 5.16. The number of alkyl halides is 3. The first-order chi connectivity index (χ1) is 15.4. The highest BCUT2D eigenvalue weighted by molar-refractivity contribution is 5.88. The molecule has 0 bridgehead atoms. The van der Waals surface area contributed by atoms with Crippen LogP contribution in [0.4, 0.5) is 13.2 Å². The van der Waals surface area contributed by atoms with Gasteiger partial charge in [0.25, 0.3) is 0 Å². The molecular weight excluding hydrogens is 419 g/mol. The fraction of sp³-hybridized carbons (Fsp3) is 0.364. The average Bonchev–Trinajstić information content (AvgIpc) is 3.53. The summed E-state index contributed by atoms with van der Waals surface area (Å²) in [6, 6.07) is 4.97.